The van der Waals surface area contributed by atoms with Gasteiger partial charge < -0.3 is 9.88 Å². The van der Waals surface area contributed by atoms with Gasteiger partial charge in [0.2, 0.25) is 0 Å². The Kier molecular flexibility index (Phi) is 4.48. The van der Waals surface area contributed by atoms with Crippen LogP contribution in [0, 0.1) is 0 Å². The summed E-state index contributed by atoms with van der Waals surface area (Å²) < 4.78 is 42.2. The molecule has 0 aliphatic rings. The van der Waals surface area contributed by atoms with Gasteiger partial charge in [-0.3, -0.25) is 14.5 Å². The number of hydrogen-bond acceptors (Lipinski definition) is 4. The number of alkyl halides is 3. The van der Waals surface area contributed by atoms with Gasteiger partial charge in [-0.15, -0.1) is 0 Å². The molecule has 0 saturated carbocycles. The molecule has 0 unspecified atom stereocenters. The third-order valence-corrected chi connectivity index (χ3v) is 4.64. The van der Waals surface area contributed by atoms with E-state index in [9.17, 15) is 18.0 Å². The summed E-state index contributed by atoms with van der Waals surface area (Å²) in [6.07, 6.45) is -1.22. The number of carbonyl (C=O) groups excluding carboxylic acids is 1. The molecule has 0 radical (unpaired) electrons. The maximum atomic E-state index is 13.0. The van der Waals surface area contributed by atoms with Crippen LogP contribution >= 0.6 is 0 Å². The van der Waals surface area contributed by atoms with Crippen molar-refractivity contribution in [1.29, 1.82) is 0 Å². The lowest BCUT2D eigenvalue weighted by atomic mass is 10.2. The molecule has 3 heterocycles. The molecule has 4 aromatic rings. The van der Waals surface area contributed by atoms with Crippen LogP contribution in [-0.4, -0.2) is 36.8 Å². The Morgan fingerprint density at radius 3 is 2.72 bits per heavy atom. The number of amides is 1. The van der Waals surface area contributed by atoms with Crippen molar-refractivity contribution in [2.24, 2.45) is 7.05 Å². The van der Waals surface area contributed by atoms with Crippen LogP contribution in [0.25, 0.3) is 21.9 Å². The molecule has 150 valence electrons. The molecule has 1 amide bonds. The first-order chi connectivity index (χ1) is 13.8. The van der Waals surface area contributed by atoms with Crippen molar-refractivity contribution in [1.82, 2.24) is 29.6 Å². The largest absolute Gasteiger partial charge is 0.416 e. The SMILES string of the molecule is CCNC(=O)c1nccc2nn(Cc3nc4cc(C(F)(F)F)ccc4n3C)cc12. The molecule has 29 heavy (non-hydrogen) atoms. The first-order valence-electron chi connectivity index (χ1n) is 8.91. The number of nitrogens with one attached hydrogen (secondary N) is 1. The van der Waals surface area contributed by atoms with Crippen LogP contribution in [0.15, 0.2) is 36.7 Å². The molecule has 10 heteroatoms. The second-order valence-corrected chi connectivity index (χ2v) is 6.57. The van der Waals surface area contributed by atoms with Crippen molar-refractivity contribution in [2.45, 2.75) is 19.6 Å². The fraction of sp³-hybridized carbons (Fsp3) is 0.263. The molecule has 1 aromatic carbocycles. The van der Waals surface area contributed by atoms with Crippen molar-refractivity contribution < 1.29 is 18.0 Å². The van der Waals surface area contributed by atoms with Gasteiger partial charge in [0.25, 0.3) is 5.91 Å². The highest BCUT2D eigenvalue weighted by Crippen LogP contribution is 2.31. The van der Waals surface area contributed by atoms with E-state index >= 15 is 0 Å². The van der Waals surface area contributed by atoms with E-state index in [1.807, 2.05) is 6.92 Å². The van der Waals surface area contributed by atoms with E-state index in [1.165, 1.54) is 12.3 Å². The predicted octanol–water partition coefficient (Wildman–Crippen LogP) is 3.13. The summed E-state index contributed by atoms with van der Waals surface area (Å²) in [6.45, 7) is 2.53. The summed E-state index contributed by atoms with van der Waals surface area (Å²) in [6, 6.07) is 5.18. The number of aryl methyl sites for hydroxylation is 1. The van der Waals surface area contributed by atoms with Crippen LogP contribution in [0.3, 0.4) is 0 Å². The second-order valence-electron chi connectivity index (χ2n) is 6.57. The number of nitrogens with zero attached hydrogens (tertiary/aromatic N) is 5. The number of fused-ring (bicyclic) bond motifs is 2. The van der Waals surface area contributed by atoms with E-state index in [4.69, 9.17) is 0 Å². The average molecular weight is 402 g/mol. The lowest BCUT2D eigenvalue weighted by Gasteiger charge is -2.06. The highest BCUT2D eigenvalue weighted by atomic mass is 19.4. The fourth-order valence-corrected chi connectivity index (χ4v) is 3.21. The van der Waals surface area contributed by atoms with Crippen molar-refractivity contribution >= 4 is 27.8 Å². The van der Waals surface area contributed by atoms with E-state index in [0.717, 1.165) is 12.1 Å². The van der Waals surface area contributed by atoms with Crippen LogP contribution in [0.5, 0.6) is 0 Å². The Balaban J connectivity index is 1.71. The highest BCUT2D eigenvalue weighted by Gasteiger charge is 2.31. The topological polar surface area (TPSA) is 77.6 Å². The minimum absolute atomic E-state index is 0.232. The Morgan fingerprint density at radius 1 is 1.21 bits per heavy atom. The summed E-state index contributed by atoms with van der Waals surface area (Å²) in [5.74, 6) is 0.250. The molecule has 0 atom stereocenters. The first-order valence-corrected chi connectivity index (χ1v) is 8.91. The smallest absolute Gasteiger partial charge is 0.351 e. The van der Waals surface area contributed by atoms with Gasteiger partial charge in [0.05, 0.1) is 34.0 Å². The molecule has 7 nitrogen and oxygen atoms in total. The number of imidazole rings is 1. The maximum absolute atomic E-state index is 13.0. The van der Waals surface area contributed by atoms with Gasteiger partial charge in [0, 0.05) is 26.0 Å². The lowest BCUT2D eigenvalue weighted by Crippen LogP contribution is -2.23. The number of hydrogen-bond donors (Lipinski definition) is 1. The number of rotatable bonds is 4. The molecule has 0 bridgehead atoms. The quantitative estimate of drug-likeness (QED) is 0.569. The summed E-state index contributed by atoms with van der Waals surface area (Å²) in [7, 11) is 1.74. The van der Waals surface area contributed by atoms with Gasteiger partial charge in [0.15, 0.2) is 0 Å². The van der Waals surface area contributed by atoms with Crippen molar-refractivity contribution in [3.05, 3.63) is 53.7 Å². The summed E-state index contributed by atoms with van der Waals surface area (Å²) in [4.78, 5) is 20.7. The molecule has 3 aromatic heterocycles. The molecule has 4 rings (SSSR count). The predicted molar refractivity (Wildman–Crippen MR) is 100 cm³/mol. The number of pyridine rings is 1. The third kappa shape index (κ3) is 3.41. The van der Waals surface area contributed by atoms with E-state index in [1.54, 1.807) is 28.6 Å². The van der Waals surface area contributed by atoms with Gasteiger partial charge in [-0.25, -0.2) is 4.98 Å². The Morgan fingerprint density at radius 2 is 2.00 bits per heavy atom. The van der Waals surface area contributed by atoms with Crippen LogP contribution in [0.1, 0.15) is 28.8 Å². The molecule has 1 N–H and O–H groups in total. The van der Waals surface area contributed by atoms with Gasteiger partial charge in [-0.05, 0) is 31.2 Å². The molecule has 0 aliphatic carbocycles. The zero-order chi connectivity index (χ0) is 20.8. The van der Waals surface area contributed by atoms with Crippen LogP contribution < -0.4 is 5.32 Å². The number of carbonyl (C=O) groups is 1. The monoisotopic (exact) mass is 402 g/mol. The molecule has 0 fully saturated rings. The molecule has 0 saturated heterocycles. The van der Waals surface area contributed by atoms with Gasteiger partial charge in [-0.2, -0.15) is 18.3 Å². The lowest BCUT2D eigenvalue weighted by molar-refractivity contribution is -0.137. The third-order valence-electron chi connectivity index (χ3n) is 4.64. The molecular weight excluding hydrogens is 385 g/mol. The Bertz CT molecular complexity index is 1220. The van der Waals surface area contributed by atoms with Crippen LogP contribution in [0.2, 0.25) is 0 Å². The molecular formula is C19H17F3N6O. The van der Waals surface area contributed by atoms with Crippen molar-refractivity contribution in [2.75, 3.05) is 6.54 Å². The first kappa shape index (κ1) is 18.9. The summed E-state index contributed by atoms with van der Waals surface area (Å²) in [5, 5.41) is 7.75. The molecule has 0 spiro atoms. The van der Waals surface area contributed by atoms with Crippen molar-refractivity contribution in [3.8, 4) is 0 Å². The van der Waals surface area contributed by atoms with E-state index < -0.39 is 11.7 Å². The number of halogens is 3. The van der Waals surface area contributed by atoms with Gasteiger partial charge >= 0.3 is 6.18 Å². The summed E-state index contributed by atoms with van der Waals surface area (Å²) >= 11 is 0. The van der Waals surface area contributed by atoms with Gasteiger partial charge in [-0.1, -0.05) is 0 Å². The van der Waals surface area contributed by atoms with Gasteiger partial charge in [0.1, 0.15) is 11.5 Å². The van der Waals surface area contributed by atoms with Crippen LogP contribution in [-0.2, 0) is 19.8 Å². The standard InChI is InChI=1S/C19H17F3N6O/c1-3-23-18(29)17-12-9-28(26-13(12)6-7-24-17)10-16-25-14-8-11(19(20,21)22)4-5-15(14)27(16)2/h4-9H,3,10H2,1-2H3,(H,23,29). The van der Waals surface area contributed by atoms with Crippen molar-refractivity contribution in [3.63, 3.8) is 0 Å². The minimum atomic E-state index is -4.42. The second kappa shape index (κ2) is 6.87. The normalized spacial score (nSPS) is 12.0. The number of aromatic nitrogens is 5. The number of benzene rings is 1. The average Bonchev–Trinajstić information content (AvgIpc) is 3.21. The van der Waals surface area contributed by atoms with E-state index in [-0.39, 0.29) is 23.7 Å². The summed E-state index contributed by atoms with van der Waals surface area (Å²) in [5.41, 5.74) is 0.986. The van der Waals surface area contributed by atoms with E-state index in [2.05, 4.69) is 20.4 Å². The van der Waals surface area contributed by atoms with Crippen LogP contribution in [0.4, 0.5) is 13.2 Å². The zero-order valence-corrected chi connectivity index (χ0v) is 15.7. The maximum Gasteiger partial charge on any atom is 0.416 e. The van der Waals surface area contributed by atoms with E-state index in [0.29, 0.717) is 28.8 Å². The highest BCUT2D eigenvalue weighted by molar-refractivity contribution is 6.04. The fourth-order valence-electron chi connectivity index (χ4n) is 3.21. The Labute approximate surface area is 163 Å². The molecule has 0 aliphatic heterocycles. The minimum Gasteiger partial charge on any atom is -0.351 e. The Hall–Kier alpha value is -3.43. The zero-order valence-electron chi connectivity index (χ0n) is 15.7.